The van der Waals surface area contributed by atoms with Crippen molar-refractivity contribution in [3.63, 3.8) is 0 Å². The second-order valence-corrected chi connectivity index (χ2v) is 8.42. The number of aliphatic hydroxyl groups is 1. The fraction of sp³-hybridized carbons (Fsp3) is 0.269. The summed E-state index contributed by atoms with van der Waals surface area (Å²) >= 11 is 0. The molecule has 0 saturated heterocycles. The van der Waals surface area contributed by atoms with E-state index in [4.69, 9.17) is 0 Å². The third kappa shape index (κ3) is 4.73. The number of rotatable bonds is 5. The Morgan fingerprint density at radius 2 is 1.82 bits per heavy atom. The van der Waals surface area contributed by atoms with E-state index >= 15 is 0 Å². The van der Waals surface area contributed by atoms with E-state index in [1.807, 2.05) is 48.7 Å². The number of para-hydroxylation sites is 1. The van der Waals surface area contributed by atoms with Gasteiger partial charge in [-0.1, -0.05) is 37.1 Å². The lowest BCUT2D eigenvalue weighted by Gasteiger charge is -2.28. The molecule has 1 aromatic carbocycles. The van der Waals surface area contributed by atoms with Gasteiger partial charge in [0.15, 0.2) is 5.82 Å². The molecule has 1 amide bonds. The molecule has 0 radical (unpaired) electrons. The number of nitrogens with one attached hydrogen (secondary N) is 1. The van der Waals surface area contributed by atoms with Crippen molar-refractivity contribution in [3.8, 4) is 11.5 Å². The third-order valence-corrected chi connectivity index (χ3v) is 6.09. The van der Waals surface area contributed by atoms with Gasteiger partial charge in [-0.2, -0.15) is 0 Å². The van der Waals surface area contributed by atoms with Crippen molar-refractivity contribution in [1.82, 2.24) is 25.3 Å². The molecule has 1 fully saturated rings. The number of hydrogen-bond donors (Lipinski definition) is 2. The van der Waals surface area contributed by atoms with Gasteiger partial charge >= 0.3 is 0 Å². The Morgan fingerprint density at radius 1 is 1.00 bits per heavy atom. The molecule has 3 heterocycles. The van der Waals surface area contributed by atoms with Gasteiger partial charge in [0, 0.05) is 24.0 Å². The number of hydrogen-bond acceptors (Lipinski definition) is 6. The number of benzene rings is 1. The first kappa shape index (κ1) is 21.2. The van der Waals surface area contributed by atoms with Crippen LogP contribution in [-0.2, 0) is 6.42 Å². The van der Waals surface area contributed by atoms with Gasteiger partial charge < -0.3 is 10.4 Å². The molecule has 33 heavy (non-hydrogen) atoms. The second kappa shape index (κ2) is 9.42. The van der Waals surface area contributed by atoms with E-state index < -0.39 is 6.10 Å². The molecule has 1 saturated carbocycles. The van der Waals surface area contributed by atoms with Crippen LogP contribution in [0.4, 0.5) is 0 Å². The molecular weight excluding hydrogens is 414 g/mol. The zero-order chi connectivity index (χ0) is 22.6. The molecule has 1 aliphatic rings. The summed E-state index contributed by atoms with van der Waals surface area (Å²) in [6.07, 6.45) is 8.83. The average molecular weight is 440 g/mol. The van der Waals surface area contributed by atoms with Crippen LogP contribution < -0.4 is 5.32 Å². The van der Waals surface area contributed by atoms with Gasteiger partial charge in [-0.3, -0.25) is 9.78 Å². The third-order valence-electron chi connectivity index (χ3n) is 6.09. The molecule has 0 spiro atoms. The van der Waals surface area contributed by atoms with Gasteiger partial charge in [0.2, 0.25) is 0 Å². The van der Waals surface area contributed by atoms with E-state index in [0.717, 1.165) is 47.7 Å². The zero-order valence-corrected chi connectivity index (χ0v) is 18.2. The quantitative estimate of drug-likeness (QED) is 0.492. The van der Waals surface area contributed by atoms with E-state index in [-0.39, 0.29) is 11.9 Å². The van der Waals surface area contributed by atoms with Crippen LogP contribution in [0.15, 0.2) is 67.1 Å². The smallest absolute Gasteiger partial charge is 0.270 e. The Labute approximate surface area is 192 Å². The molecule has 2 atom stereocenters. The fourth-order valence-corrected chi connectivity index (χ4v) is 4.34. The lowest BCUT2D eigenvalue weighted by atomic mass is 9.92. The second-order valence-electron chi connectivity index (χ2n) is 8.42. The van der Waals surface area contributed by atoms with Crippen LogP contribution in [0.3, 0.4) is 0 Å². The van der Waals surface area contributed by atoms with Crippen molar-refractivity contribution < 1.29 is 9.90 Å². The maximum atomic E-state index is 13.0. The van der Waals surface area contributed by atoms with E-state index in [0.29, 0.717) is 23.6 Å². The summed E-state index contributed by atoms with van der Waals surface area (Å²) in [5.74, 6) is 0.338. The normalized spacial score (nSPS) is 18.2. The number of aromatic nitrogens is 4. The highest BCUT2D eigenvalue weighted by molar-refractivity contribution is 5.96. The van der Waals surface area contributed by atoms with Gasteiger partial charge in [-0.05, 0) is 54.7 Å². The molecule has 7 nitrogen and oxygen atoms in total. The Kier molecular flexibility index (Phi) is 6.04. The fourth-order valence-electron chi connectivity index (χ4n) is 4.34. The maximum Gasteiger partial charge on any atom is 0.270 e. The summed E-state index contributed by atoms with van der Waals surface area (Å²) in [7, 11) is 0. The predicted molar refractivity (Wildman–Crippen MR) is 126 cm³/mol. The van der Waals surface area contributed by atoms with Crippen LogP contribution in [0.1, 0.15) is 47.3 Å². The summed E-state index contributed by atoms with van der Waals surface area (Å²) in [6, 6.07) is 15.1. The summed E-state index contributed by atoms with van der Waals surface area (Å²) < 4.78 is 0. The SMILES string of the molecule is O=C(N[C@H]1CCCC[C@@H]1O)c1cc(Cc2ccc(-c3ncccn3)nc2)c2ccccc2n1. The van der Waals surface area contributed by atoms with E-state index in [2.05, 4.69) is 25.3 Å². The van der Waals surface area contributed by atoms with Gasteiger partial charge in [0.25, 0.3) is 5.91 Å². The van der Waals surface area contributed by atoms with Gasteiger partial charge in [-0.25, -0.2) is 15.0 Å². The molecular formula is C26H25N5O2. The molecule has 0 aliphatic heterocycles. The Bertz CT molecular complexity index is 1260. The van der Waals surface area contributed by atoms with Crippen molar-refractivity contribution in [2.45, 2.75) is 44.2 Å². The van der Waals surface area contributed by atoms with Gasteiger partial charge in [-0.15, -0.1) is 0 Å². The summed E-state index contributed by atoms with van der Waals surface area (Å²) in [6.45, 7) is 0. The van der Waals surface area contributed by atoms with Crippen LogP contribution in [0.5, 0.6) is 0 Å². The molecule has 166 valence electrons. The first-order valence-corrected chi connectivity index (χ1v) is 11.3. The van der Waals surface area contributed by atoms with Crippen LogP contribution in [0, 0.1) is 0 Å². The van der Waals surface area contributed by atoms with E-state index in [1.165, 1.54) is 0 Å². The van der Waals surface area contributed by atoms with Crippen molar-refractivity contribution in [2.24, 2.45) is 0 Å². The highest BCUT2D eigenvalue weighted by Crippen LogP contribution is 2.23. The van der Waals surface area contributed by atoms with Crippen molar-refractivity contribution in [1.29, 1.82) is 0 Å². The van der Waals surface area contributed by atoms with E-state index in [9.17, 15) is 9.90 Å². The number of aliphatic hydroxyl groups excluding tert-OH is 1. The largest absolute Gasteiger partial charge is 0.391 e. The molecule has 5 rings (SSSR count). The highest BCUT2D eigenvalue weighted by atomic mass is 16.3. The van der Waals surface area contributed by atoms with Gasteiger partial charge in [0.1, 0.15) is 11.4 Å². The van der Waals surface area contributed by atoms with E-state index in [1.54, 1.807) is 18.5 Å². The zero-order valence-electron chi connectivity index (χ0n) is 18.2. The number of fused-ring (bicyclic) bond motifs is 1. The lowest BCUT2D eigenvalue weighted by Crippen LogP contribution is -2.45. The maximum absolute atomic E-state index is 13.0. The highest BCUT2D eigenvalue weighted by Gasteiger charge is 2.25. The minimum atomic E-state index is -0.499. The summed E-state index contributed by atoms with van der Waals surface area (Å²) in [5, 5.41) is 14.2. The first-order chi connectivity index (χ1) is 16.2. The molecule has 4 aromatic rings. The molecule has 0 bridgehead atoms. The van der Waals surface area contributed by atoms with Crippen LogP contribution in [0.2, 0.25) is 0 Å². The number of pyridine rings is 2. The van der Waals surface area contributed by atoms with Gasteiger partial charge in [0.05, 0.1) is 17.7 Å². The predicted octanol–water partition coefficient (Wildman–Crippen LogP) is 3.71. The lowest BCUT2D eigenvalue weighted by molar-refractivity contribution is 0.0714. The van der Waals surface area contributed by atoms with Crippen LogP contribution >= 0.6 is 0 Å². The molecule has 3 aromatic heterocycles. The number of nitrogens with zero attached hydrogens (tertiary/aromatic N) is 4. The minimum Gasteiger partial charge on any atom is -0.391 e. The minimum absolute atomic E-state index is 0.222. The van der Waals surface area contributed by atoms with Crippen molar-refractivity contribution >= 4 is 16.8 Å². The Balaban J connectivity index is 1.42. The standard InChI is InChI=1S/C26H25N5O2/c32-24-9-4-3-8-21(24)31-26(33)23-15-18(19-6-1-2-7-20(19)30-23)14-17-10-11-22(29-16-17)25-27-12-5-13-28-25/h1-2,5-7,10-13,15-16,21,24,32H,3-4,8-9,14H2,(H,31,33)/t21-,24-/m0/s1. The number of carbonyl (C=O) groups excluding carboxylic acids is 1. The topological polar surface area (TPSA) is 101 Å². The summed E-state index contributed by atoms with van der Waals surface area (Å²) in [5.41, 5.74) is 3.86. The van der Waals surface area contributed by atoms with Crippen LogP contribution in [-0.4, -0.2) is 43.1 Å². The number of carbonyl (C=O) groups is 1. The number of amides is 1. The average Bonchev–Trinajstić information content (AvgIpc) is 2.86. The first-order valence-electron chi connectivity index (χ1n) is 11.3. The Morgan fingerprint density at radius 3 is 2.61 bits per heavy atom. The Hall–Kier alpha value is -3.71. The molecule has 7 heteroatoms. The molecule has 1 aliphatic carbocycles. The van der Waals surface area contributed by atoms with Crippen molar-refractivity contribution in [2.75, 3.05) is 0 Å². The van der Waals surface area contributed by atoms with Crippen LogP contribution in [0.25, 0.3) is 22.4 Å². The molecule has 0 unspecified atom stereocenters. The summed E-state index contributed by atoms with van der Waals surface area (Å²) in [4.78, 5) is 30.6. The molecule has 2 N–H and O–H groups in total. The van der Waals surface area contributed by atoms with Crippen molar-refractivity contribution in [3.05, 3.63) is 83.9 Å². The monoisotopic (exact) mass is 439 g/mol.